The average molecular weight is 256 g/mol. The SMILES string of the molecule is CCC(C)CN(CC)C(=O)CC(CN)CC(C)C. The van der Waals surface area contributed by atoms with Crippen LogP contribution in [-0.2, 0) is 4.79 Å². The van der Waals surface area contributed by atoms with E-state index in [0.717, 1.165) is 25.9 Å². The van der Waals surface area contributed by atoms with Gasteiger partial charge >= 0.3 is 0 Å². The van der Waals surface area contributed by atoms with E-state index in [1.54, 1.807) is 0 Å². The molecule has 0 aromatic carbocycles. The number of hydrogen-bond donors (Lipinski definition) is 1. The molecule has 0 aliphatic rings. The zero-order valence-corrected chi connectivity index (χ0v) is 12.9. The molecule has 0 aliphatic carbocycles. The smallest absolute Gasteiger partial charge is 0.222 e. The Balaban J connectivity index is 4.31. The van der Waals surface area contributed by atoms with Crippen LogP contribution in [0.1, 0.15) is 53.9 Å². The number of carbonyl (C=O) groups is 1. The third-order valence-electron chi connectivity index (χ3n) is 3.56. The first-order valence-corrected chi connectivity index (χ1v) is 7.42. The minimum atomic E-state index is 0.272. The van der Waals surface area contributed by atoms with E-state index in [-0.39, 0.29) is 5.91 Å². The van der Waals surface area contributed by atoms with Gasteiger partial charge in [0, 0.05) is 19.5 Å². The lowest BCUT2D eigenvalue weighted by molar-refractivity contribution is -0.132. The summed E-state index contributed by atoms with van der Waals surface area (Å²) in [5.41, 5.74) is 5.77. The maximum absolute atomic E-state index is 12.2. The van der Waals surface area contributed by atoms with Crippen molar-refractivity contribution in [2.24, 2.45) is 23.5 Å². The number of carbonyl (C=O) groups excluding carboxylic acids is 1. The van der Waals surface area contributed by atoms with Gasteiger partial charge in [-0.05, 0) is 37.6 Å². The van der Waals surface area contributed by atoms with Gasteiger partial charge in [0.2, 0.25) is 5.91 Å². The standard InChI is InChI=1S/C15H32N2O/c1-6-13(5)11-17(7-2)15(18)9-14(10-16)8-12(3)4/h12-14H,6-11,16H2,1-5H3. The van der Waals surface area contributed by atoms with E-state index in [1.165, 1.54) is 0 Å². The molecule has 0 fully saturated rings. The van der Waals surface area contributed by atoms with Crippen molar-refractivity contribution in [1.29, 1.82) is 0 Å². The molecule has 0 heterocycles. The first-order valence-electron chi connectivity index (χ1n) is 7.42. The van der Waals surface area contributed by atoms with E-state index in [9.17, 15) is 4.79 Å². The molecule has 0 aromatic heterocycles. The van der Waals surface area contributed by atoms with Gasteiger partial charge in [0.1, 0.15) is 0 Å². The van der Waals surface area contributed by atoms with Gasteiger partial charge in [0.25, 0.3) is 0 Å². The molecule has 2 N–H and O–H groups in total. The molecule has 0 bridgehead atoms. The van der Waals surface area contributed by atoms with Crippen molar-refractivity contribution in [2.75, 3.05) is 19.6 Å². The molecule has 0 radical (unpaired) electrons. The van der Waals surface area contributed by atoms with Crippen molar-refractivity contribution in [1.82, 2.24) is 4.90 Å². The monoisotopic (exact) mass is 256 g/mol. The fourth-order valence-corrected chi connectivity index (χ4v) is 2.22. The quantitative estimate of drug-likeness (QED) is 0.689. The second-order valence-electron chi connectivity index (χ2n) is 5.88. The van der Waals surface area contributed by atoms with Gasteiger partial charge in [-0.1, -0.05) is 34.1 Å². The Bertz CT molecular complexity index is 229. The second-order valence-corrected chi connectivity index (χ2v) is 5.88. The zero-order valence-electron chi connectivity index (χ0n) is 12.9. The van der Waals surface area contributed by atoms with Crippen LogP contribution in [0, 0.1) is 17.8 Å². The molecule has 0 saturated carbocycles. The molecule has 3 nitrogen and oxygen atoms in total. The highest BCUT2D eigenvalue weighted by Crippen LogP contribution is 2.16. The maximum Gasteiger partial charge on any atom is 0.222 e. The van der Waals surface area contributed by atoms with E-state index in [4.69, 9.17) is 5.73 Å². The summed E-state index contributed by atoms with van der Waals surface area (Å²) in [7, 11) is 0. The minimum absolute atomic E-state index is 0.272. The third-order valence-corrected chi connectivity index (χ3v) is 3.56. The Morgan fingerprint density at radius 2 is 1.83 bits per heavy atom. The molecule has 0 aromatic rings. The minimum Gasteiger partial charge on any atom is -0.343 e. The number of hydrogen-bond acceptors (Lipinski definition) is 2. The molecule has 0 aliphatic heterocycles. The molecule has 0 rings (SSSR count). The summed E-state index contributed by atoms with van der Waals surface area (Å²) < 4.78 is 0. The van der Waals surface area contributed by atoms with Crippen LogP contribution in [0.25, 0.3) is 0 Å². The van der Waals surface area contributed by atoms with Crippen LogP contribution in [0.5, 0.6) is 0 Å². The summed E-state index contributed by atoms with van der Waals surface area (Å²) >= 11 is 0. The topological polar surface area (TPSA) is 46.3 Å². The van der Waals surface area contributed by atoms with Crippen molar-refractivity contribution in [3.63, 3.8) is 0 Å². The van der Waals surface area contributed by atoms with Crippen molar-refractivity contribution in [2.45, 2.75) is 53.9 Å². The molecular weight excluding hydrogens is 224 g/mol. The van der Waals surface area contributed by atoms with E-state index >= 15 is 0 Å². The van der Waals surface area contributed by atoms with E-state index in [0.29, 0.717) is 30.7 Å². The molecule has 2 atom stereocenters. The molecule has 18 heavy (non-hydrogen) atoms. The molecular formula is C15H32N2O. The van der Waals surface area contributed by atoms with Crippen LogP contribution in [0.2, 0.25) is 0 Å². The van der Waals surface area contributed by atoms with Crippen LogP contribution in [0.3, 0.4) is 0 Å². The first-order chi connectivity index (χ1) is 8.44. The third kappa shape index (κ3) is 7.00. The predicted molar refractivity (Wildman–Crippen MR) is 78.3 cm³/mol. The lowest BCUT2D eigenvalue weighted by atomic mass is 9.93. The Morgan fingerprint density at radius 1 is 1.22 bits per heavy atom. The molecule has 3 heteroatoms. The van der Waals surface area contributed by atoms with Crippen LogP contribution < -0.4 is 5.73 Å². The first kappa shape index (κ1) is 17.4. The van der Waals surface area contributed by atoms with Gasteiger partial charge in [-0.25, -0.2) is 0 Å². The van der Waals surface area contributed by atoms with Gasteiger partial charge in [-0.3, -0.25) is 4.79 Å². The van der Waals surface area contributed by atoms with Crippen molar-refractivity contribution < 1.29 is 4.79 Å². The van der Waals surface area contributed by atoms with Gasteiger partial charge in [0.05, 0.1) is 0 Å². The van der Waals surface area contributed by atoms with Crippen LogP contribution >= 0.6 is 0 Å². The highest BCUT2D eigenvalue weighted by atomic mass is 16.2. The highest BCUT2D eigenvalue weighted by molar-refractivity contribution is 5.76. The zero-order chi connectivity index (χ0) is 14.1. The maximum atomic E-state index is 12.2. The number of nitrogens with two attached hydrogens (primary N) is 1. The van der Waals surface area contributed by atoms with Crippen molar-refractivity contribution in [3.05, 3.63) is 0 Å². The Morgan fingerprint density at radius 3 is 2.22 bits per heavy atom. The van der Waals surface area contributed by atoms with Gasteiger partial charge in [-0.2, -0.15) is 0 Å². The van der Waals surface area contributed by atoms with E-state index < -0.39 is 0 Å². The number of rotatable bonds is 9. The van der Waals surface area contributed by atoms with Crippen molar-refractivity contribution >= 4 is 5.91 Å². The second kappa shape index (κ2) is 9.37. The fourth-order valence-electron chi connectivity index (χ4n) is 2.22. The summed E-state index contributed by atoms with van der Waals surface area (Å²) in [5, 5.41) is 0. The largest absolute Gasteiger partial charge is 0.343 e. The summed E-state index contributed by atoms with van der Waals surface area (Å²) in [6, 6.07) is 0. The van der Waals surface area contributed by atoms with Crippen LogP contribution in [0.15, 0.2) is 0 Å². The fraction of sp³-hybridized carbons (Fsp3) is 0.933. The van der Waals surface area contributed by atoms with Gasteiger partial charge in [-0.15, -0.1) is 0 Å². The molecule has 0 saturated heterocycles. The Kier molecular flexibility index (Phi) is 9.08. The van der Waals surface area contributed by atoms with Gasteiger partial charge < -0.3 is 10.6 Å². The summed E-state index contributed by atoms with van der Waals surface area (Å²) in [5.74, 6) is 1.80. The predicted octanol–water partition coefficient (Wildman–Crippen LogP) is 2.89. The summed E-state index contributed by atoms with van der Waals surface area (Å²) in [4.78, 5) is 14.2. The molecule has 0 spiro atoms. The van der Waals surface area contributed by atoms with Crippen molar-refractivity contribution in [3.8, 4) is 0 Å². The average Bonchev–Trinajstić information content (AvgIpc) is 2.33. The number of nitrogens with zero attached hydrogens (tertiary/aromatic N) is 1. The highest BCUT2D eigenvalue weighted by Gasteiger charge is 2.19. The molecule has 1 amide bonds. The van der Waals surface area contributed by atoms with Crippen LogP contribution in [-0.4, -0.2) is 30.4 Å². The molecule has 108 valence electrons. The lowest BCUT2D eigenvalue weighted by Gasteiger charge is -2.26. The Labute approximate surface area is 113 Å². The molecule has 2 unspecified atom stereocenters. The summed E-state index contributed by atoms with van der Waals surface area (Å²) in [6.07, 6.45) is 2.78. The summed E-state index contributed by atoms with van der Waals surface area (Å²) in [6.45, 7) is 13.1. The number of amides is 1. The lowest BCUT2D eigenvalue weighted by Crippen LogP contribution is -2.36. The van der Waals surface area contributed by atoms with Gasteiger partial charge in [0.15, 0.2) is 0 Å². The van der Waals surface area contributed by atoms with E-state index in [1.807, 2.05) is 4.90 Å². The van der Waals surface area contributed by atoms with E-state index in [2.05, 4.69) is 34.6 Å². The Hall–Kier alpha value is -0.570. The normalized spacial score (nSPS) is 14.6. The van der Waals surface area contributed by atoms with Crippen LogP contribution in [0.4, 0.5) is 0 Å².